The third-order valence-electron chi connectivity index (χ3n) is 1.81. The molecule has 1 aromatic rings. The second-order valence-corrected chi connectivity index (χ2v) is 2.44. The number of nitrogen functional groups attached to an aromatic ring is 1. The Morgan fingerprint density at radius 2 is 2.33 bits per heavy atom. The average Bonchev–Trinajstić information content (AvgIpc) is 2.16. The van der Waals surface area contributed by atoms with Gasteiger partial charge in [0.15, 0.2) is 0 Å². The van der Waals surface area contributed by atoms with Crippen molar-refractivity contribution >= 4 is 5.69 Å². The normalized spacial score (nSPS) is 9.08. The minimum atomic E-state index is 0.688. The van der Waals surface area contributed by atoms with Crippen molar-refractivity contribution in [3.05, 3.63) is 29.3 Å². The molecule has 0 aromatic heterocycles. The van der Waals surface area contributed by atoms with Crippen molar-refractivity contribution in [3.8, 4) is 6.07 Å². The van der Waals surface area contributed by atoms with E-state index in [0.717, 1.165) is 17.7 Å². The summed E-state index contributed by atoms with van der Waals surface area (Å²) < 4.78 is 0. The van der Waals surface area contributed by atoms with E-state index < -0.39 is 0 Å². The van der Waals surface area contributed by atoms with Crippen LogP contribution in [0, 0.1) is 11.3 Å². The second-order valence-electron chi connectivity index (χ2n) is 2.44. The molecule has 0 aliphatic carbocycles. The lowest BCUT2D eigenvalue weighted by molar-refractivity contribution is 1.12. The van der Waals surface area contributed by atoms with E-state index in [1.165, 1.54) is 0 Å². The number of nitriles is 1. The lowest BCUT2D eigenvalue weighted by Gasteiger charge is -2.07. The summed E-state index contributed by atoms with van der Waals surface area (Å²) in [6.45, 7) is 2.00. The molecule has 0 heterocycles. The molecule has 0 amide bonds. The van der Waals surface area contributed by atoms with Crippen LogP contribution in [0.25, 0.3) is 0 Å². The number of anilines is 1. The number of hydrogen-bond donors (Lipinski definition) is 2. The van der Waals surface area contributed by atoms with Gasteiger partial charge in [-0.05, 0) is 24.1 Å². The maximum atomic E-state index is 8.75. The van der Waals surface area contributed by atoms with Crippen molar-refractivity contribution in [1.82, 2.24) is 0 Å². The second kappa shape index (κ2) is 3.74. The Bertz CT molecular complexity index is 312. The van der Waals surface area contributed by atoms with E-state index in [0.29, 0.717) is 5.56 Å². The Labute approximate surface area is 71.8 Å². The molecular weight excluding hydrogens is 150 g/mol. The molecule has 0 unspecified atom stereocenters. The summed E-state index contributed by atoms with van der Waals surface area (Å²) in [4.78, 5) is 0. The molecule has 3 nitrogen and oxygen atoms in total. The Balaban J connectivity index is 3.24. The maximum absolute atomic E-state index is 8.75. The third-order valence-corrected chi connectivity index (χ3v) is 1.81. The maximum Gasteiger partial charge on any atom is 0.0995 e. The van der Waals surface area contributed by atoms with Crippen LogP contribution in [0.5, 0.6) is 0 Å². The summed E-state index contributed by atoms with van der Waals surface area (Å²) in [5.41, 5.74) is 5.06. The number of nitrogens with one attached hydrogen (secondary N) is 1. The lowest BCUT2D eigenvalue weighted by atomic mass is 10.0. The van der Waals surface area contributed by atoms with Crippen LogP contribution in [0.3, 0.4) is 0 Å². The monoisotopic (exact) mass is 161 g/mol. The van der Waals surface area contributed by atoms with E-state index in [-0.39, 0.29) is 0 Å². The molecule has 0 spiro atoms. The summed E-state index contributed by atoms with van der Waals surface area (Å²) in [5, 5.41) is 8.75. The first kappa shape index (κ1) is 8.57. The minimum Gasteiger partial charge on any atom is -0.324 e. The fraction of sp³-hybridized carbons (Fsp3) is 0.222. The summed E-state index contributed by atoms with van der Waals surface area (Å²) in [7, 11) is 0. The summed E-state index contributed by atoms with van der Waals surface area (Å²) in [6.07, 6.45) is 0.809. The van der Waals surface area contributed by atoms with E-state index >= 15 is 0 Å². The van der Waals surface area contributed by atoms with Gasteiger partial charge in [-0.2, -0.15) is 5.26 Å². The topological polar surface area (TPSA) is 61.8 Å². The Morgan fingerprint density at radius 3 is 2.83 bits per heavy atom. The highest BCUT2D eigenvalue weighted by molar-refractivity contribution is 5.57. The Morgan fingerprint density at radius 1 is 1.58 bits per heavy atom. The molecule has 0 atom stereocenters. The van der Waals surface area contributed by atoms with E-state index in [4.69, 9.17) is 11.1 Å². The van der Waals surface area contributed by atoms with Gasteiger partial charge >= 0.3 is 0 Å². The van der Waals surface area contributed by atoms with Crippen molar-refractivity contribution in [2.75, 3.05) is 5.43 Å². The largest absolute Gasteiger partial charge is 0.324 e. The summed E-state index contributed by atoms with van der Waals surface area (Å²) in [5.74, 6) is 5.29. The van der Waals surface area contributed by atoms with Crippen molar-refractivity contribution in [3.63, 3.8) is 0 Å². The van der Waals surface area contributed by atoms with Gasteiger partial charge < -0.3 is 5.43 Å². The fourth-order valence-electron chi connectivity index (χ4n) is 1.21. The summed E-state index contributed by atoms with van der Waals surface area (Å²) in [6, 6.07) is 7.59. The molecule has 0 saturated carbocycles. The van der Waals surface area contributed by atoms with Gasteiger partial charge in [-0.15, -0.1) is 0 Å². The van der Waals surface area contributed by atoms with Crippen LogP contribution in [-0.4, -0.2) is 0 Å². The molecule has 3 N–H and O–H groups in total. The van der Waals surface area contributed by atoms with Crippen molar-refractivity contribution in [2.45, 2.75) is 13.3 Å². The van der Waals surface area contributed by atoms with Crippen LogP contribution in [0.15, 0.2) is 18.2 Å². The molecular formula is C9H11N3. The van der Waals surface area contributed by atoms with Crippen LogP contribution < -0.4 is 11.3 Å². The molecule has 62 valence electrons. The zero-order valence-corrected chi connectivity index (χ0v) is 6.96. The summed E-state index contributed by atoms with van der Waals surface area (Å²) >= 11 is 0. The molecule has 0 radical (unpaired) electrons. The highest BCUT2D eigenvalue weighted by atomic mass is 15.2. The zero-order chi connectivity index (χ0) is 8.97. The number of nitrogens with zero attached hydrogens (tertiary/aromatic N) is 1. The quantitative estimate of drug-likeness (QED) is 0.509. The fourth-order valence-corrected chi connectivity index (χ4v) is 1.21. The lowest BCUT2D eigenvalue weighted by Crippen LogP contribution is -2.09. The molecule has 1 aromatic carbocycles. The van der Waals surface area contributed by atoms with Gasteiger partial charge in [-0.3, -0.25) is 5.84 Å². The molecule has 3 heteroatoms. The molecule has 12 heavy (non-hydrogen) atoms. The first-order valence-electron chi connectivity index (χ1n) is 3.82. The van der Waals surface area contributed by atoms with Gasteiger partial charge in [0, 0.05) is 0 Å². The molecule has 0 bridgehead atoms. The first-order valence-corrected chi connectivity index (χ1v) is 3.82. The van der Waals surface area contributed by atoms with E-state index in [1.807, 2.05) is 19.1 Å². The standard InChI is InChI=1S/C9H11N3/c1-2-8-7(6-10)4-3-5-9(8)12-11/h3-5,12H,2,11H2,1H3. The zero-order valence-electron chi connectivity index (χ0n) is 6.96. The average molecular weight is 161 g/mol. The van der Waals surface area contributed by atoms with Crippen molar-refractivity contribution < 1.29 is 0 Å². The van der Waals surface area contributed by atoms with Crippen LogP contribution in [0.4, 0.5) is 5.69 Å². The van der Waals surface area contributed by atoms with Crippen LogP contribution in [0.2, 0.25) is 0 Å². The highest BCUT2D eigenvalue weighted by Crippen LogP contribution is 2.18. The highest BCUT2D eigenvalue weighted by Gasteiger charge is 2.03. The Kier molecular flexibility index (Phi) is 2.67. The molecule has 1 rings (SSSR count). The molecule has 0 aliphatic heterocycles. The van der Waals surface area contributed by atoms with Gasteiger partial charge in [0.05, 0.1) is 17.3 Å². The first-order chi connectivity index (χ1) is 5.83. The van der Waals surface area contributed by atoms with E-state index in [1.54, 1.807) is 6.07 Å². The van der Waals surface area contributed by atoms with Gasteiger partial charge in [-0.1, -0.05) is 13.0 Å². The number of rotatable bonds is 2. The van der Waals surface area contributed by atoms with Crippen molar-refractivity contribution in [2.24, 2.45) is 5.84 Å². The van der Waals surface area contributed by atoms with Crippen molar-refractivity contribution in [1.29, 1.82) is 5.26 Å². The van der Waals surface area contributed by atoms with E-state index in [9.17, 15) is 0 Å². The molecule has 0 aliphatic rings. The SMILES string of the molecule is CCc1c(C#N)cccc1NN. The minimum absolute atomic E-state index is 0.688. The molecule has 0 saturated heterocycles. The Hall–Kier alpha value is -1.53. The predicted molar refractivity (Wildman–Crippen MR) is 48.3 cm³/mol. The van der Waals surface area contributed by atoms with Gasteiger partial charge in [0.1, 0.15) is 0 Å². The number of benzene rings is 1. The number of nitrogens with two attached hydrogens (primary N) is 1. The smallest absolute Gasteiger partial charge is 0.0995 e. The van der Waals surface area contributed by atoms with Gasteiger partial charge in [-0.25, -0.2) is 0 Å². The van der Waals surface area contributed by atoms with Crippen LogP contribution in [0.1, 0.15) is 18.1 Å². The van der Waals surface area contributed by atoms with Gasteiger partial charge in [0.2, 0.25) is 0 Å². The third kappa shape index (κ3) is 1.39. The van der Waals surface area contributed by atoms with E-state index in [2.05, 4.69) is 11.5 Å². The predicted octanol–water partition coefficient (Wildman–Crippen LogP) is 1.41. The molecule has 0 fully saturated rings. The van der Waals surface area contributed by atoms with Crippen LogP contribution >= 0.6 is 0 Å². The van der Waals surface area contributed by atoms with Gasteiger partial charge in [0.25, 0.3) is 0 Å². The number of hydrogen-bond acceptors (Lipinski definition) is 3. The number of hydrazine groups is 1. The van der Waals surface area contributed by atoms with Crippen LogP contribution in [-0.2, 0) is 6.42 Å².